The van der Waals surface area contributed by atoms with Gasteiger partial charge in [-0.2, -0.15) is 8.42 Å². The van der Waals surface area contributed by atoms with Crippen LogP contribution in [0.5, 0.6) is 0 Å². The monoisotopic (exact) mass is 245 g/mol. The molecular weight excluding hydrogens is 230 g/mol. The number of hydrogen-bond acceptors (Lipinski definition) is 7. The zero-order valence-electron chi connectivity index (χ0n) is 7.76. The van der Waals surface area contributed by atoms with Gasteiger partial charge in [-0.05, 0) is 0 Å². The molecule has 0 fully saturated rings. The highest BCUT2D eigenvalue weighted by Gasteiger charge is 2.31. The molecular formula is C6H15NO7S. The van der Waals surface area contributed by atoms with E-state index in [1.165, 1.54) is 0 Å². The van der Waals surface area contributed by atoms with Gasteiger partial charge in [0.25, 0.3) is 10.1 Å². The zero-order valence-corrected chi connectivity index (χ0v) is 8.58. The van der Waals surface area contributed by atoms with Gasteiger partial charge in [0, 0.05) is 0 Å². The molecule has 0 rings (SSSR count). The maximum atomic E-state index is 10.3. The van der Waals surface area contributed by atoms with Gasteiger partial charge < -0.3 is 26.2 Å². The molecule has 0 aromatic carbocycles. The lowest BCUT2D eigenvalue weighted by molar-refractivity contribution is -0.0653. The summed E-state index contributed by atoms with van der Waals surface area (Å²) < 4.78 is 29.0. The van der Waals surface area contributed by atoms with Crippen LogP contribution in [0.3, 0.4) is 0 Å². The van der Waals surface area contributed by atoms with Crippen molar-refractivity contribution in [2.45, 2.75) is 24.4 Å². The van der Waals surface area contributed by atoms with Crippen LogP contribution in [0.2, 0.25) is 0 Å². The second-order valence-electron chi connectivity index (χ2n) is 3.14. The number of nitrogens with two attached hydrogens (primary N) is 1. The fourth-order valence-corrected chi connectivity index (χ4v) is 1.53. The Balaban J connectivity index is 4.37. The molecule has 0 saturated carbocycles. The van der Waals surface area contributed by atoms with Gasteiger partial charge in [0.15, 0.2) is 0 Å². The molecule has 0 heterocycles. The zero-order chi connectivity index (χ0) is 12.2. The molecule has 0 aliphatic heterocycles. The van der Waals surface area contributed by atoms with Crippen molar-refractivity contribution >= 4 is 10.1 Å². The van der Waals surface area contributed by atoms with E-state index in [1.807, 2.05) is 0 Å². The van der Waals surface area contributed by atoms with E-state index < -0.39 is 46.8 Å². The second-order valence-corrected chi connectivity index (χ2v) is 4.64. The molecule has 92 valence electrons. The molecule has 0 unspecified atom stereocenters. The topological polar surface area (TPSA) is 161 Å². The van der Waals surface area contributed by atoms with Gasteiger partial charge in [-0.3, -0.25) is 4.55 Å². The van der Waals surface area contributed by atoms with Gasteiger partial charge in [-0.25, -0.2) is 0 Å². The molecule has 0 spiro atoms. The lowest BCUT2D eigenvalue weighted by atomic mass is 10.0. The fraction of sp³-hybridized carbons (Fsp3) is 1.00. The van der Waals surface area contributed by atoms with Crippen LogP contribution in [0.25, 0.3) is 0 Å². The van der Waals surface area contributed by atoms with E-state index >= 15 is 0 Å². The minimum Gasteiger partial charge on any atom is -0.395 e. The number of rotatable bonds is 6. The van der Waals surface area contributed by atoms with Crippen molar-refractivity contribution in [3.63, 3.8) is 0 Å². The first kappa shape index (κ1) is 14.7. The van der Waals surface area contributed by atoms with Gasteiger partial charge in [0.1, 0.15) is 11.9 Å². The third-order valence-electron chi connectivity index (χ3n) is 1.78. The number of hydrogen-bond donors (Lipinski definition) is 6. The Bertz CT molecular complexity index is 279. The molecule has 7 N–H and O–H groups in total. The molecule has 4 atom stereocenters. The van der Waals surface area contributed by atoms with Crippen molar-refractivity contribution in [1.29, 1.82) is 0 Å². The molecule has 0 radical (unpaired) electrons. The molecule has 0 aromatic heterocycles. The number of aliphatic hydroxyl groups is 4. The minimum absolute atomic E-state index is 0.642. The Labute approximate surface area is 86.7 Å². The summed E-state index contributed by atoms with van der Waals surface area (Å²) in [6, 6.07) is -1.21. The van der Waals surface area contributed by atoms with E-state index in [1.54, 1.807) is 0 Å². The van der Waals surface area contributed by atoms with Gasteiger partial charge in [0.2, 0.25) is 0 Å². The molecule has 0 bridgehead atoms. The van der Waals surface area contributed by atoms with E-state index in [0.717, 1.165) is 0 Å². The summed E-state index contributed by atoms with van der Waals surface area (Å²) in [5.74, 6) is -1.12. The smallest absolute Gasteiger partial charge is 0.267 e. The van der Waals surface area contributed by atoms with Crippen LogP contribution in [-0.2, 0) is 10.1 Å². The highest BCUT2D eigenvalue weighted by atomic mass is 32.2. The quantitative estimate of drug-likeness (QED) is 0.260. The van der Waals surface area contributed by atoms with Crippen LogP contribution in [-0.4, -0.2) is 70.1 Å². The van der Waals surface area contributed by atoms with E-state index in [4.69, 9.17) is 20.5 Å². The van der Waals surface area contributed by atoms with E-state index in [9.17, 15) is 18.6 Å². The van der Waals surface area contributed by atoms with Gasteiger partial charge in [-0.15, -0.1) is 0 Å². The molecule has 0 saturated heterocycles. The predicted octanol–water partition coefficient (Wildman–Crippen LogP) is -3.72. The van der Waals surface area contributed by atoms with Crippen LogP contribution in [0.1, 0.15) is 0 Å². The summed E-state index contributed by atoms with van der Waals surface area (Å²) in [6.45, 7) is -0.642. The summed E-state index contributed by atoms with van der Waals surface area (Å²) in [6.07, 6.45) is -5.44. The van der Waals surface area contributed by atoms with E-state index in [2.05, 4.69) is 0 Å². The lowest BCUT2D eigenvalue weighted by Gasteiger charge is -2.25. The van der Waals surface area contributed by atoms with Crippen molar-refractivity contribution in [3.8, 4) is 0 Å². The molecule has 0 aromatic rings. The van der Waals surface area contributed by atoms with Crippen LogP contribution >= 0.6 is 0 Å². The molecule has 0 aliphatic rings. The Morgan fingerprint density at radius 3 is 1.93 bits per heavy atom. The predicted molar refractivity (Wildman–Crippen MR) is 49.5 cm³/mol. The molecule has 9 heteroatoms. The summed E-state index contributed by atoms with van der Waals surface area (Å²) >= 11 is 0. The Hall–Kier alpha value is -0.290. The van der Waals surface area contributed by atoms with E-state index in [-0.39, 0.29) is 0 Å². The minimum atomic E-state index is -4.46. The third kappa shape index (κ3) is 5.37. The normalized spacial score (nSPS) is 20.7. The first-order chi connectivity index (χ1) is 6.69. The van der Waals surface area contributed by atoms with Crippen molar-refractivity contribution < 1.29 is 33.4 Å². The molecule has 0 aliphatic carbocycles. The van der Waals surface area contributed by atoms with Gasteiger partial charge in [0.05, 0.1) is 24.9 Å². The van der Waals surface area contributed by atoms with Crippen molar-refractivity contribution in [1.82, 2.24) is 0 Å². The molecule has 8 nitrogen and oxygen atoms in total. The maximum absolute atomic E-state index is 10.3. The largest absolute Gasteiger partial charge is 0.395 e. The van der Waals surface area contributed by atoms with Crippen LogP contribution in [0, 0.1) is 0 Å². The Morgan fingerprint density at radius 2 is 1.60 bits per heavy atom. The molecule has 15 heavy (non-hydrogen) atoms. The van der Waals surface area contributed by atoms with Crippen LogP contribution in [0.4, 0.5) is 0 Å². The first-order valence-corrected chi connectivity index (χ1v) is 5.65. The fourth-order valence-electron chi connectivity index (χ4n) is 0.903. The summed E-state index contributed by atoms with van der Waals surface area (Å²) in [5, 5.41) is 36.0. The van der Waals surface area contributed by atoms with Crippen LogP contribution < -0.4 is 5.73 Å². The summed E-state index contributed by atoms with van der Waals surface area (Å²) in [5.41, 5.74) is 5.14. The third-order valence-corrected chi connectivity index (χ3v) is 2.54. The summed E-state index contributed by atoms with van der Waals surface area (Å²) in [7, 11) is -4.46. The van der Waals surface area contributed by atoms with Crippen molar-refractivity contribution in [2.75, 3.05) is 12.4 Å². The van der Waals surface area contributed by atoms with E-state index in [0.29, 0.717) is 0 Å². The first-order valence-electron chi connectivity index (χ1n) is 4.05. The van der Waals surface area contributed by atoms with Crippen molar-refractivity contribution in [3.05, 3.63) is 0 Å². The Kier molecular flexibility index (Phi) is 5.59. The highest BCUT2D eigenvalue weighted by Crippen LogP contribution is 2.05. The van der Waals surface area contributed by atoms with Crippen LogP contribution in [0.15, 0.2) is 0 Å². The maximum Gasteiger partial charge on any atom is 0.267 e. The SMILES string of the molecule is N[C@@H](CO)[C@@H](O)[C@H](O)[C@H](O)CS(=O)(=O)O. The van der Waals surface area contributed by atoms with Gasteiger partial charge >= 0.3 is 0 Å². The lowest BCUT2D eigenvalue weighted by Crippen LogP contribution is -2.51. The van der Waals surface area contributed by atoms with Gasteiger partial charge in [-0.1, -0.05) is 0 Å². The average molecular weight is 245 g/mol. The average Bonchev–Trinajstić information content (AvgIpc) is 2.11. The highest BCUT2D eigenvalue weighted by molar-refractivity contribution is 7.85. The summed E-state index contributed by atoms with van der Waals surface area (Å²) in [4.78, 5) is 0. The second kappa shape index (κ2) is 5.70. The number of aliphatic hydroxyl groups excluding tert-OH is 4. The van der Waals surface area contributed by atoms with Crippen molar-refractivity contribution in [2.24, 2.45) is 5.73 Å². The standard InChI is InChI=1S/C6H15NO7S/c7-3(1-8)5(10)6(11)4(9)2-15(12,13)14/h3-6,8-11H,1-2,7H2,(H,12,13,14)/t3-,4+,5+,6+/m0/s1. The molecule has 0 amide bonds. The Morgan fingerprint density at radius 1 is 1.13 bits per heavy atom.